The number of rotatable bonds is 7. The molecule has 1 N–H and O–H groups in total. The van der Waals surface area contributed by atoms with Gasteiger partial charge in [-0.05, 0) is 18.6 Å². The van der Waals surface area contributed by atoms with Gasteiger partial charge in [0.1, 0.15) is 5.75 Å². The third-order valence-corrected chi connectivity index (χ3v) is 3.34. The summed E-state index contributed by atoms with van der Waals surface area (Å²) in [7, 11) is 0. The van der Waals surface area contributed by atoms with Crippen LogP contribution in [-0.4, -0.2) is 15.8 Å². The molecule has 2 rings (SSSR count). The van der Waals surface area contributed by atoms with E-state index in [1.165, 1.54) is 23.8 Å². The zero-order valence-electron chi connectivity index (χ0n) is 11.8. The van der Waals surface area contributed by atoms with Crippen LogP contribution in [0.5, 0.6) is 5.75 Å². The standard InChI is InChI=1S/C16H21NO3/c1-2-3-4-5-6-11-16(19)20-17-12-15(18)13-9-7-8-10-14(13)17/h7-10,12,18H,2-6,11H2,1H3. The van der Waals surface area contributed by atoms with Crippen molar-refractivity contribution in [1.82, 2.24) is 4.73 Å². The summed E-state index contributed by atoms with van der Waals surface area (Å²) in [5.41, 5.74) is 0.698. The average molecular weight is 275 g/mol. The highest BCUT2D eigenvalue weighted by Crippen LogP contribution is 2.25. The predicted molar refractivity (Wildman–Crippen MR) is 78.6 cm³/mol. The van der Waals surface area contributed by atoms with Crippen molar-refractivity contribution in [1.29, 1.82) is 0 Å². The van der Waals surface area contributed by atoms with Gasteiger partial charge in [0, 0.05) is 11.8 Å². The van der Waals surface area contributed by atoms with Crippen molar-refractivity contribution in [3.8, 4) is 5.75 Å². The van der Waals surface area contributed by atoms with Gasteiger partial charge in [0.15, 0.2) is 0 Å². The van der Waals surface area contributed by atoms with Gasteiger partial charge in [-0.3, -0.25) is 0 Å². The van der Waals surface area contributed by atoms with Gasteiger partial charge in [-0.25, -0.2) is 4.79 Å². The van der Waals surface area contributed by atoms with Gasteiger partial charge in [0.25, 0.3) is 0 Å². The van der Waals surface area contributed by atoms with Crippen molar-refractivity contribution in [3.05, 3.63) is 30.5 Å². The summed E-state index contributed by atoms with van der Waals surface area (Å²) in [6, 6.07) is 7.28. The van der Waals surface area contributed by atoms with Crippen molar-refractivity contribution in [2.75, 3.05) is 0 Å². The molecule has 0 aliphatic rings. The summed E-state index contributed by atoms with van der Waals surface area (Å²) >= 11 is 0. The molecule has 0 aliphatic carbocycles. The molecule has 0 bridgehead atoms. The van der Waals surface area contributed by atoms with E-state index in [0.29, 0.717) is 17.3 Å². The third-order valence-electron chi connectivity index (χ3n) is 3.34. The first-order valence-corrected chi connectivity index (χ1v) is 7.22. The van der Waals surface area contributed by atoms with Crippen LogP contribution in [0.4, 0.5) is 0 Å². The number of aromatic nitrogens is 1. The van der Waals surface area contributed by atoms with Crippen LogP contribution in [-0.2, 0) is 4.79 Å². The Labute approximate surface area is 118 Å². The summed E-state index contributed by atoms with van der Waals surface area (Å²) in [5.74, 6) is -0.140. The minimum Gasteiger partial charge on any atom is -0.506 e. The number of nitrogens with zero attached hydrogens (tertiary/aromatic N) is 1. The molecule has 0 unspecified atom stereocenters. The Morgan fingerprint density at radius 1 is 1.20 bits per heavy atom. The molecule has 0 fully saturated rings. The van der Waals surface area contributed by atoms with Gasteiger partial charge in [-0.1, -0.05) is 44.7 Å². The van der Waals surface area contributed by atoms with E-state index >= 15 is 0 Å². The molecule has 4 nitrogen and oxygen atoms in total. The number of carbonyl (C=O) groups excluding carboxylic acids is 1. The van der Waals surface area contributed by atoms with E-state index in [1.54, 1.807) is 6.07 Å². The molecule has 0 amide bonds. The predicted octanol–water partition coefficient (Wildman–Crippen LogP) is 3.66. The lowest BCUT2D eigenvalue weighted by Gasteiger charge is -2.05. The van der Waals surface area contributed by atoms with Crippen LogP contribution in [0.2, 0.25) is 0 Å². The number of unbranched alkanes of at least 4 members (excludes halogenated alkanes) is 4. The maximum atomic E-state index is 11.8. The van der Waals surface area contributed by atoms with Crippen LogP contribution in [0.1, 0.15) is 45.4 Å². The number of para-hydroxylation sites is 1. The Balaban J connectivity index is 1.90. The maximum Gasteiger partial charge on any atom is 0.332 e. The van der Waals surface area contributed by atoms with E-state index < -0.39 is 0 Å². The monoisotopic (exact) mass is 275 g/mol. The number of fused-ring (bicyclic) bond motifs is 1. The van der Waals surface area contributed by atoms with Gasteiger partial charge in [0.2, 0.25) is 0 Å². The zero-order chi connectivity index (χ0) is 14.4. The lowest BCUT2D eigenvalue weighted by Crippen LogP contribution is -2.18. The second-order valence-electron chi connectivity index (χ2n) is 4.98. The molecular weight excluding hydrogens is 254 g/mol. The van der Waals surface area contributed by atoms with Crippen molar-refractivity contribution in [2.24, 2.45) is 0 Å². The second-order valence-corrected chi connectivity index (χ2v) is 4.98. The van der Waals surface area contributed by atoms with E-state index in [0.717, 1.165) is 19.3 Å². The largest absolute Gasteiger partial charge is 0.506 e. The molecule has 1 aromatic heterocycles. The quantitative estimate of drug-likeness (QED) is 0.784. The molecule has 1 heterocycles. The number of hydrogen-bond donors (Lipinski definition) is 1. The summed E-state index contributed by atoms with van der Waals surface area (Å²) in [6.07, 6.45) is 7.32. The summed E-state index contributed by atoms with van der Waals surface area (Å²) < 4.78 is 1.35. The van der Waals surface area contributed by atoms with Crippen molar-refractivity contribution < 1.29 is 14.7 Å². The molecule has 0 spiro atoms. The van der Waals surface area contributed by atoms with Gasteiger partial charge in [-0.2, -0.15) is 4.73 Å². The van der Waals surface area contributed by atoms with Crippen LogP contribution in [0.15, 0.2) is 30.5 Å². The molecule has 0 saturated heterocycles. The van der Waals surface area contributed by atoms with Crippen LogP contribution >= 0.6 is 0 Å². The SMILES string of the molecule is CCCCCCCC(=O)On1cc(O)c2ccccc21. The smallest absolute Gasteiger partial charge is 0.332 e. The summed E-state index contributed by atoms with van der Waals surface area (Å²) in [6.45, 7) is 2.16. The fraction of sp³-hybridized carbons (Fsp3) is 0.438. The second kappa shape index (κ2) is 6.98. The molecule has 0 atom stereocenters. The molecule has 0 radical (unpaired) electrons. The van der Waals surface area contributed by atoms with E-state index in [2.05, 4.69) is 6.92 Å². The van der Waals surface area contributed by atoms with Crippen molar-refractivity contribution in [3.63, 3.8) is 0 Å². The minimum absolute atomic E-state index is 0.122. The van der Waals surface area contributed by atoms with Gasteiger partial charge in [0.05, 0.1) is 11.7 Å². The van der Waals surface area contributed by atoms with E-state index in [4.69, 9.17) is 4.84 Å². The first-order chi connectivity index (χ1) is 9.72. The molecule has 4 heteroatoms. The van der Waals surface area contributed by atoms with E-state index in [-0.39, 0.29) is 11.7 Å². The topological polar surface area (TPSA) is 51.5 Å². The van der Waals surface area contributed by atoms with Gasteiger partial charge in [-0.15, -0.1) is 0 Å². The Hall–Kier alpha value is -1.97. The minimum atomic E-state index is -0.262. The highest BCUT2D eigenvalue weighted by atomic mass is 16.7. The molecule has 20 heavy (non-hydrogen) atoms. The van der Waals surface area contributed by atoms with Crippen molar-refractivity contribution in [2.45, 2.75) is 45.4 Å². The highest BCUT2D eigenvalue weighted by Gasteiger charge is 2.11. The number of carbonyl (C=O) groups is 1. The summed E-state index contributed by atoms with van der Waals surface area (Å²) in [4.78, 5) is 17.0. The number of benzene rings is 1. The Bertz CT molecular complexity index is 574. The normalized spacial score (nSPS) is 10.8. The molecule has 108 valence electrons. The zero-order valence-corrected chi connectivity index (χ0v) is 11.8. The molecule has 0 saturated carbocycles. The fourth-order valence-electron chi connectivity index (χ4n) is 2.24. The van der Waals surface area contributed by atoms with Crippen LogP contribution in [0.25, 0.3) is 10.9 Å². The third kappa shape index (κ3) is 3.53. The van der Waals surface area contributed by atoms with E-state index in [9.17, 15) is 9.90 Å². The lowest BCUT2D eigenvalue weighted by molar-refractivity contribution is -0.143. The first-order valence-electron chi connectivity index (χ1n) is 7.22. The molecule has 2 aromatic rings. The Morgan fingerprint density at radius 3 is 2.75 bits per heavy atom. The Morgan fingerprint density at radius 2 is 1.95 bits per heavy atom. The van der Waals surface area contributed by atoms with Crippen LogP contribution in [0.3, 0.4) is 0 Å². The number of aromatic hydroxyl groups is 1. The fourth-order valence-corrected chi connectivity index (χ4v) is 2.24. The van der Waals surface area contributed by atoms with Crippen molar-refractivity contribution >= 4 is 16.9 Å². The molecule has 0 aliphatic heterocycles. The van der Waals surface area contributed by atoms with Crippen LogP contribution in [0, 0.1) is 0 Å². The number of hydrogen-bond acceptors (Lipinski definition) is 3. The molecule has 1 aromatic carbocycles. The summed E-state index contributed by atoms with van der Waals surface area (Å²) in [5, 5.41) is 10.4. The first kappa shape index (κ1) is 14.4. The molecular formula is C16H21NO3. The van der Waals surface area contributed by atoms with Crippen LogP contribution < -0.4 is 4.84 Å². The van der Waals surface area contributed by atoms with Gasteiger partial charge < -0.3 is 9.94 Å². The van der Waals surface area contributed by atoms with Gasteiger partial charge >= 0.3 is 5.97 Å². The van der Waals surface area contributed by atoms with E-state index in [1.807, 2.05) is 18.2 Å². The lowest BCUT2D eigenvalue weighted by atomic mass is 10.1. The maximum absolute atomic E-state index is 11.8. The average Bonchev–Trinajstić information content (AvgIpc) is 2.76. The Kier molecular flexibility index (Phi) is 5.04. The highest BCUT2D eigenvalue weighted by molar-refractivity contribution is 5.86.